The van der Waals surface area contributed by atoms with Gasteiger partial charge >= 0.3 is 0 Å². The average molecular weight is 227 g/mol. The molecule has 0 radical (unpaired) electrons. The Balaban J connectivity index is 2.20. The third kappa shape index (κ3) is 1.63. The van der Waals surface area contributed by atoms with Crippen molar-refractivity contribution in [1.82, 2.24) is 9.97 Å². The molecule has 0 amide bonds. The first-order chi connectivity index (χ1) is 8.24. The smallest absolute Gasteiger partial charge is 0.140 e. The van der Waals surface area contributed by atoms with Gasteiger partial charge in [0.15, 0.2) is 0 Å². The van der Waals surface area contributed by atoms with Crippen LogP contribution in [0.15, 0.2) is 42.5 Å². The fourth-order valence-corrected chi connectivity index (χ4v) is 1.83. The summed E-state index contributed by atoms with van der Waals surface area (Å²) in [5.74, 6) is 0.311. The summed E-state index contributed by atoms with van der Waals surface area (Å²) >= 11 is 0. The Hall–Kier alpha value is -2.36. The number of H-pyrrole nitrogens is 1. The molecule has 84 valence electrons. The highest BCUT2D eigenvalue weighted by Crippen LogP contribution is 2.25. The first kappa shape index (κ1) is 9.84. The van der Waals surface area contributed by atoms with Crippen molar-refractivity contribution in [2.75, 3.05) is 5.73 Å². The second-order valence-electron chi connectivity index (χ2n) is 3.83. The molecule has 0 atom stereocenters. The molecule has 3 N–H and O–H groups in total. The Morgan fingerprint density at radius 1 is 1.12 bits per heavy atom. The largest absolute Gasteiger partial charge is 0.398 e. The van der Waals surface area contributed by atoms with Gasteiger partial charge in [-0.25, -0.2) is 9.37 Å². The van der Waals surface area contributed by atoms with E-state index in [4.69, 9.17) is 5.73 Å². The number of nitrogens with zero attached hydrogens (tertiary/aromatic N) is 1. The first-order valence-corrected chi connectivity index (χ1v) is 5.24. The summed E-state index contributed by atoms with van der Waals surface area (Å²) in [5.41, 5.74) is 8.67. The van der Waals surface area contributed by atoms with Crippen molar-refractivity contribution in [3.63, 3.8) is 0 Å². The molecule has 0 fully saturated rings. The lowest BCUT2D eigenvalue weighted by molar-refractivity contribution is 0.628. The van der Waals surface area contributed by atoms with E-state index in [1.165, 1.54) is 12.1 Å². The summed E-state index contributed by atoms with van der Waals surface area (Å²) in [4.78, 5) is 7.57. The molecule has 17 heavy (non-hydrogen) atoms. The van der Waals surface area contributed by atoms with Crippen molar-refractivity contribution in [3.8, 4) is 11.4 Å². The number of nitrogen functional groups attached to an aromatic ring is 1. The Morgan fingerprint density at radius 2 is 1.94 bits per heavy atom. The van der Waals surface area contributed by atoms with Crippen LogP contribution in [0.2, 0.25) is 0 Å². The van der Waals surface area contributed by atoms with Crippen molar-refractivity contribution in [2.24, 2.45) is 0 Å². The highest BCUT2D eigenvalue weighted by atomic mass is 19.1. The number of hydrogen-bond acceptors (Lipinski definition) is 2. The van der Waals surface area contributed by atoms with Crippen molar-refractivity contribution >= 4 is 16.7 Å². The molecule has 2 aromatic carbocycles. The van der Waals surface area contributed by atoms with Crippen LogP contribution in [0.25, 0.3) is 22.4 Å². The van der Waals surface area contributed by atoms with Gasteiger partial charge in [-0.1, -0.05) is 12.1 Å². The maximum absolute atomic E-state index is 13.0. The topological polar surface area (TPSA) is 54.7 Å². The van der Waals surface area contributed by atoms with Crippen LogP contribution in [0, 0.1) is 5.82 Å². The van der Waals surface area contributed by atoms with Gasteiger partial charge in [-0.2, -0.15) is 0 Å². The number of nitrogens with two attached hydrogens (primary N) is 1. The number of halogens is 1. The molecular weight excluding hydrogens is 217 g/mol. The number of rotatable bonds is 1. The third-order valence-corrected chi connectivity index (χ3v) is 2.66. The Labute approximate surface area is 97.1 Å². The highest BCUT2D eigenvalue weighted by molar-refractivity contribution is 5.82. The number of para-hydroxylation sites is 2. The van der Waals surface area contributed by atoms with Gasteiger partial charge in [-0.15, -0.1) is 0 Å². The van der Waals surface area contributed by atoms with Crippen LogP contribution >= 0.6 is 0 Å². The number of imidazole rings is 1. The standard InChI is InChI=1S/C13H10FN3/c14-8-5-6-9(10(15)7-8)13-16-11-3-1-2-4-12(11)17-13/h1-7H,15H2,(H,16,17). The molecule has 1 heterocycles. The zero-order chi connectivity index (χ0) is 11.8. The van der Waals surface area contributed by atoms with Gasteiger partial charge in [0.25, 0.3) is 0 Å². The molecule has 0 aliphatic heterocycles. The van der Waals surface area contributed by atoms with Crippen molar-refractivity contribution in [2.45, 2.75) is 0 Å². The quantitative estimate of drug-likeness (QED) is 0.628. The van der Waals surface area contributed by atoms with E-state index in [0.717, 1.165) is 11.0 Å². The highest BCUT2D eigenvalue weighted by Gasteiger charge is 2.08. The maximum Gasteiger partial charge on any atom is 0.140 e. The van der Waals surface area contributed by atoms with Gasteiger partial charge in [-0.3, -0.25) is 0 Å². The van der Waals surface area contributed by atoms with E-state index in [2.05, 4.69) is 9.97 Å². The zero-order valence-corrected chi connectivity index (χ0v) is 8.94. The van der Waals surface area contributed by atoms with E-state index >= 15 is 0 Å². The van der Waals surface area contributed by atoms with Crippen LogP contribution in [0.5, 0.6) is 0 Å². The number of fused-ring (bicyclic) bond motifs is 1. The average Bonchev–Trinajstić information content (AvgIpc) is 2.72. The number of benzene rings is 2. The first-order valence-electron chi connectivity index (χ1n) is 5.24. The van der Waals surface area contributed by atoms with Crippen LogP contribution < -0.4 is 5.73 Å². The molecule has 0 unspecified atom stereocenters. The fraction of sp³-hybridized carbons (Fsp3) is 0. The minimum absolute atomic E-state index is 0.345. The van der Waals surface area contributed by atoms with Crippen LogP contribution in [-0.2, 0) is 0 Å². The lowest BCUT2D eigenvalue weighted by atomic mass is 10.1. The van der Waals surface area contributed by atoms with E-state index < -0.39 is 0 Å². The van der Waals surface area contributed by atoms with Gasteiger partial charge in [0.05, 0.1) is 11.0 Å². The number of aromatic nitrogens is 2. The predicted octanol–water partition coefficient (Wildman–Crippen LogP) is 2.95. The maximum atomic E-state index is 13.0. The van der Waals surface area contributed by atoms with Crippen LogP contribution in [0.3, 0.4) is 0 Å². The summed E-state index contributed by atoms with van der Waals surface area (Å²) in [6, 6.07) is 12.0. The number of nitrogens with one attached hydrogen (secondary N) is 1. The molecular formula is C13H10FN3. The second-order valence-corrected chi connectivity index (χ2v) is 3.83. The van der Waals surface area contributed by atoms with Gasteiger partial charge in [0.1, 0.15) is 11.6 Å². The number of anilines is 1. The molecule has 0 aliphatic carbocycles. The fourth-order valence-electron chi connectivity index (χ4n) is 1.83. The zero-order valence-electron chi connectivity index (χ0n) is 8.94. The molecule has 0 saturated carbocycles. The van der Waals surface area contributed by atoms with Crippen LogP contribution in [0.1, 0.15) is 0 Å². The Morgan fingerprint density at radius 3 is 2.71 bits per heavy atom. The molecule has 4 heteroatoms. The van der Waals surface area contributed by atoms with E-state index in [9.17, 15) is 4.39 Å². The minimum Gasteiger partial charge on any atom is -0.398 e. The normalized spacial score (nSPS) is 10.9. The molecule has 1 aromatic heterocycles. The van der Waals surface area contributed by atoms with Crippen molar-refractivity contribution in [1.29, 1.82) is 0 Å². The third-order valence-electron chi connectivity index (χ3n) is 2.66. The number of aromatic amines is 1. The minimum atomic E-state index is -0.345. The molecule has 0 saturated heterocycles. The summed E-state index contributed by atoms with van der Waals surface area (Å²) in [6.07, 6.45) is 0. The second kappa shape index (κ2) is 3.59. The predicted molar refractivity (Wildman–Crippen MR) is 65.9 cm³/mol. The van der Waals surface area contributed by atoms with Crippen molar-refractivity contribution < 1.29 is 4.39 Å². The monoisotopic (exact) mass is 227 g/mol. The number of hydrogen-bond donors (Lipinski definition) is 2. The molecule has 3 rings (SSSR count). The van der Waals surface area contributed by atoms with Gasteiger partial charge < -0.3 is 10.7 Å². The molecule has 0 aliphatic rings. The molecule has 3 aromatic rings. The summed E-state index contributed by atoms with van der Waals surface area (Å²) in [6.45, 7) is 0. The summed E-state index contributed by atoms with van der Waals surface area (Å²) in [5, 5.41) is 0. The lowest BCUT2D eigenvalue weighted by Crippen LogP contribution is -1.92. The summed E-state index contributed by atoms with van der Waals surface area (Å²) in [7, 11) is 0. The van der Waals surface area contributed by atoms with Crippen LogP contribution in [0.4, 0.5) is 10.1 Å². The van der Waals surface area contributed by atoms with E-state index in [0.29, 0.717) is 17.1 Å². The van der Waals surface area contributed by atoms with Gasteiger partial charge in [-0.05, 0) is 30.3 Å². The lowest BCUT2D eigenvalue weighted by Gasteiger charge is -2.01. The van der Waals surface area contributed by atoms with Gasteiger partial charge in [0.2, 0.25) is 0 Å². The molecule has 3 nitrogen and oxygen atoms in total. The summed E-state index contributed by atoms with van der Waals surface area (Å²) < 4.78 is 13.0. The Kier molecular flexibility index (Phi) is 2.08. The van der Waals surface area contributed by atoms with E-state index in [1.807, 2.05) is 24.3 Å². The van der Waals surface area contributed by atoms with E-state index in [1.54, 1.807) is 6.07 Å². The van der Waals surface area contributed by atoms with Crippen molar-refractivity contribution in [3.05, 3.63) is 48.3 Å². The SMILES string of the molecule is Nc1cc(F)ccc1-c1nc2ccccc2[nH]1. The van der Waals surface area contributed by atoms with E-state index in [-0.39, 0.29) is 5.82 Å². The molecule has 0 bridgehead atoms. The Bertz CT molecular complexity index is 655. The van der Waals surface area contributed by atoms with Crippen LogP contribution in [-0.4, -0.2) is 9.97 Å². The molecule has 0 spiro atoms. The van der Waals surface area contributed by atoms with Gasteiger partial charge in [0, 0.05) is 11.3 Å².